The van der Waals surface area contributed by atoms with Gasteiger partial charge >= 0.3 is 0 Å². The first-order valence-electron chi connectivity index (χ1n) is 6.56. The van der Waals surface area contributed by atoms with Gasteiger partial charge in [0, 0.05) is 17.6 Å². The molecule has 1 aliphatic rings. The fourth-order valence-corrected chi connectivity index (χ4v) is 2.73. The standard InChI is InChI=1S/C15H18N2O/c1-16-12-7-3-8-13(12)18-14-9-2-5-11-6-4-10-17-15(11)14/h2,4-6,9-10,12-13,16H,3,7-8H2,1H3. The summed E-state index contributed by atoms with van der Waals surface area (Å²) in [6.07, 6.45) is 5.63. The third-order valence-corrected chi connectivity index (χ3v) is 3.70. The first-order chi connectivity index (χ1) is 8.88. The maximum Gasteiger partial charge on any atom is 0.146 e. The van der Waals surface area contributed by atoms with Crippen molar-refractivity contribution in [2.45, 2.75) is 31.4 Å². The number of hydrogen-bond acceptors (Lipinski definition) is 3. The van der Waals surface area contributed by atoms with E-state index in [2.05, 4.69) is 22.4 Å². The van der Waals surface area contributed by atoms with Crippen LogP contribution in [-0.2, 0) is 0 Å². The molecule has 3 heteroatoms. The van der Waals surface area contributed by atoms with E-state index in [1.807, 2.05) is 31.4 Å². The third-order valence-electron chi connectivity index (χ3n) is 3.70. The molecule has 2 aromatic rings. The summed E-state index contributed by atoms with van der Waals surface area (Å²) in [6, 6.07) is 10.6. The molecule has 3 nitrogen and oxygen atoms in total. The zero-order valence-corrected chi connectivity index (χ0v) is 10.6. The van der Waals surface area contributed by atoms with Crippen molar-refractivity contribution in [3.8, 4) is 5.75 Å². The molecule has 1 N–H and O–H groups in total. The van der Waals surface area contributed by atoms with Crippen LogP contribution in [0.15, 0.2) is 36.5 Å². The van der Waals surface area contributed by atoms with Gasteiger partial charge in [-0.25, -0.2) is 0 Å². The van der Waals surface area contributed by atoms with Crippen molar-refractivity contribution in [1.82, 2.24) is 10.3 Å². The number of pyridine rings is 1. The smallest absolute Gasteiger partial charge is 0.146 e. The number of para-hydroxylation sites is 1. The first kappa shape index (κ1) is 11.5. The van der Waals surface area contributed by atoms with Gasteiger partial charge < -0.3 is 10.1 Å². The summed E-state index contributed by atoms with van der Waals surface area (Å²) >= 11 is 0. The monoisotopic (exact) mass is 242 g/mol. The van der Waals surface area contributed by atoms with E-state index >= 15 is 0 Å². The molecule has 1 aromatic carbocycles. The largest absolute Gasteiger partial charge is 0.487 e. The van der Waals surface area contributed by atoms with Crippen LogP contribution in [0.1, 0.15) is 19.3 Å². The summed E-state index contributed by atoms with van der Waals surface area (Å²) in [6.45, 7) is 0. The Labute approximate surface area is 107 Å². The number of aromatic nitrogens is 1. The number of likely N-dealkylation sites (N-methyl/N-ethyl adjacent to an activating group) is 1. The number of hydrogen-bond donors (Lipinski definition) is 1. The van der Waals surface area contributed by atoms with Crippen LogP contribution in [0.4, 0.5) is 0 Å². The molecule has 3 rings (SSSR count). The minimum atomic E-state index is 0.266. The molecule has 1 fully saturated rings. The van der Waals surface area contributed by atoms with E-state index in [0.717, 1.165) is 23.1 Å². The normalized spacial score (nSPS) is 23.4. The molecule has 0 spiro atoms. The molecule has 0 bridgehead atoms. The average molecular weight is 242 g/mol. The van der Waals surface area contributed by atoms with Gasteiger partial charge in [0.05, 0.1) is 0 Å². The zero-order chi connectivity index (χ0) is 12.4. The van der Waals surface area contributed by atoms with Gasteiger partial charge in [-0.05, 0) is 38.4 Å². The molecule has 1 aromatic heterocycles. The number of benzene rings is 1. The van der Waals surface area contributed by atoms with Crippen molar-refractivity contribution in [3.63, 3.8) is 0 Å². The summed E-state index contributed by atoms with van der Waals surface area (Å²) < 4.78 is 6.17. The predicted octanol–water partition coefficient (Wildman–Crippen LogP) is 2.75. The second kappa shape index (κ2) is 4.94. The number of nitrogens with zero attached hydrogens (tertiary/aromatic N) is 1. The molecule has 2 unspecified atom stereocenters. The minimum Gasteiger partial charge on any atom is -0.487 e. The van der Waals surface area contributed by atoms with Crippen LogP contribution in [0, 0.1) is 0 Å². The Morgan fingerprint density at radius 1 is 1.22 bits per heavy atom. The lowest BCUT2D eigenvalue weighted by Crippen LogP contribution is -2.36. The first-order valence-corrected chi connectivity index (χ1v) is 6.56. The maximum absolute atomic E-state index is 6.17. The molecule has 94 valence electrons. The van der Waals surface area contributed by atoms with Gasteiger partial charge in [-0.1, -0.05) is 18.2 Å². The Morgan fingerprint density at radius 2 is 2.11 bits per heavy atom. The molecule has 0 radical (unpaired) electrons. The highest BCUT2D eigenvalue weighted by molar-refractivity contribution is 5.84. The van der Waals surface area contributed by atoms with Gasteiger partial charge in [-0.2, -0.15) is 0 Å². The van der Waals surface area contributed by atoms with Crippen LogP contribution < -0.4 is 10.1 Å². The molecule has 0 amide bonds. The summed E-state index contributed by atoms with van der Waals surface area (Å²) in [5.41, 5.74) is 0.960. The lowest BCUT2D eigenvalue weighted by atomic mass is 10.2. The van der Waals surface area contributed by atoms with Crippen molar-refractivity contribution in [2.75, 3.05) is 7.05 Å². The summed E-state index contributed by atoms with van der Waals surface area (Å²) in [4.78, 5) is 4.43. The molecule has 2 atom stereocenters. The number of ether oxygens (including phenoxy) is 1. The summed E-state index contributed by atoms with van der Waals surface area (Å²) in [5, 5.41) is 4.47. The Kier molecular flexibility index (Phi) is 3.15. The van der Waals surface area contributed by atoms with Crippen molar-refractivity contribution in [1.29, 1.82) is 0 Å². The van der Waals surface area contributed by atoms with Crippen LogP contribution in [-0.4, -0.2) is 24.2 Å². The zero-order valence-electron chi connectivity index (χ0n) is 10.6. The van der Waals surface area contributed by atoms with Gasteiger partial charge in [-0.15, -0.1) is 0 Å². The van der Waals surface area contributed by atoms with Gasteiger partial charge in [0.15, 0.2) is 0 Å². The van der Waals surface area contributed by atoms with Gasteiger partial charge in [0.25, 0.3) is 0 Å². The van der Waals surface area contributed by atoms with Crippen LogP contribution in [0.3, 0.4) is 0 Å². The van der Waals surface area contributed by atoms with Crippen LogP contribution in [0.2, 0.25) is 0 Å². The lowest BCUT2D eigenvalue weighted by Gasteiger charge is -2.21. The Hall–Kier alpha value is -1.61. The van der Waals surface area contributed by atoms with E-state index in [4.69, 9.17) is 4.74 Å². The Balaban J connectivity index is 1.90. The van der Waals surface area contributed by atoms with Crippen molar-refractivity contribution in [3.05, 3.63) is 36.5 Å². The Morgan fingerprint density at radius 3 is 3.00 bits per heavy atom. The molecule has 0 aliphatic heterocycles. The third kappa shape index (κ3) is 2.06. The SMILES string of the molecule is CNC1CCCC1Oc1cccc2cccnc12. The Bertz CT molecular complexity index is 536. The highest BCUT2D eigenvalue weighted by Gasteiger charge is 2.27. The molecule has 1 saturated carbocycles. The molecule has 1 aliphatic carbocycles. The van der Waals surface area contributed by atoms with E-state index in [-0.39, 0.29) is 6.10 Å². The van der Waals surface area contributed by atoms with E-state index in [0.29, 0.717) is 6.04 Å². The highest BCUT2D eigenvalue weighted by atomic mass is 16.5. The van der Waals surface area contributed by atoms with E-state index in [1.54, 1.807) is 0 Å². The van der Waals surface area contributed by atoms with Crippen molar-refractivity contribution in [2.24, 2.45) is 0 Å². The van der Waals surface area contributed by atoms with Gasteiger partial charge in [0.1, 0.15) is 17.4 Å². The summed E-state index contributed by atoms with van der Waals surface area (Å²) in [5.74, 6) is 0.903. The summed E-state index contributed by atoms with van der Waals surface area (Å²) in [7, 11) is 2.01. The topological polar surface area (TPSA) is 34.1 Å². The number of rotatable bonds is 3. The van der Waals surface area contributed by atoms with Crippen molar-refractivity contribution >= 4 is 10.9 Å². The fraction of sp³-hybridized carbons (Fsp3) is 0.400. The predicted molar refractivity (Wildman–Crippen MR) is 72.9 cm³/mol. The van der Waals surface area contributed by atoms with Crippen LogP contribution >= 0.6 is 0 Å². The molecule has 1 heterocycles. The molecule has 0 saturated heterocycles. The van der Waals surface area contributed by atoms with E-state index in [9.17, 15) is 0 Å². The van der Waals surface area contributed by atoms with Crippen molar-refractivity contribution < 1.29 is 4.74 Å². The van der Waals surface area contributed by atoms with E-state index < -0.39 is 0 Å². The second-order valence-electron chi connectivity index (χ2n) is 4.81. The quantitative estimate of drug-likeness (QED) is 0.898. The van der Waals surface area contributed by atoms with Crippen LogP contribution in [0.25, 0.3) is 10.9 Å². The number of nitrogens with one attached hydrogen (secondary N) is 1. The van der Waals surface area contributed by atoms with E-state index in [1.165, 1.54) is 12.8 Å². The number of fused-ring (bicyclic) bond motifs is 1. The van der Waals surface area contributed by atoms with Gasteiger partial charge in [0.2, 0.25) is 0 Å². The molecular weight excluding hydrogens is 224 g/mol. The second-order valence-corrected chi connectivity index (χ2v) is 4.81. The van der Waals surface area contributed by atoms with Gasteiger partial charge in [-0.3, -0.25) is 4.98 Å². The highest BCUT2D eigenvalue weighted by Crippen LogP contribution is 2.28. The fourth-order valence-electron chi connectivity index (χ4n) is 2.73. The molecule has 18 heavy (non-hydrogen) atoms. The minimum absolute atomic E-state index is 0.266. The average Bonchev–Trinajstić information content (AvgIpc) is 2.86. The lowest BCUT2D eigenvalue weighted by molar-refractivity contribution is 0.181. The van der Waals surface area contributed by atoms with Crippen LogP contribution in [0.5, 0.6) is 5.75 Å². The maximum atomic E-state index is 6.17. The molecular formula is C15H18N2O.